The van der Waals surface area contributed by atoms with Gasteiger partial charge in [-0.1, -0.05) is 6.92 Å². The molecule has 0 N–H and O–H groups in total. The number of rotatable bonds is 1. The number of benzene rings is 1. The van der Waals surface area contributed by atoms with Crippen LogP contribution >= 0.6 is 11.8 Å². The van der Waals surface area contributed by atoms with Crippen LogP contribution in [0.3, 0.4) is 0 Å². The van der Waals surface area contributed by atoms with Crippen molar-refractivity contribution in [3.63, 3.8) is 0 Å². The molecule has 5 heteroatoms. The highest BCUT2D eigenvalue weighted by molar-refractivity contribution is 8.00. The Morgan fingerprint density at radius 1 is 1.22 bits per heavy atom. The molecule has 2 aliphatic rings. The smallest absolute Gasteiger partial charge is 0.254 e. The van der Waals surface area contributed by atoms with Gasteiger partial charge in [0.1, 0.15) is 0 Å². The molecule has 2 aliphatic heterocycles. The number of fused-ring (bicyclic) bond motifs is 1. The van der Waals surface area contributed by atoms with Crippen LogP contribution in [0.25, 0.3) is 0 Å². The van der Waals surface area contributed by atoms with Crippen molar-refractivity contribution >= 4 is 29.3 Å². The lowest BCUT2D eigenvalue weighted by Gasteiger charge is -2.37. The van der Waals surface area contributed by atoms with E-state index in [0.717, 1.165) is 48.5 Å². The molecule has 2 heterocycles. The summed E-state index contributed by atoms with van der Waals surface area (Å²) in [4.78, 5) is 28.5. The minimum Gasteiger partial charge on any atom is -0.334 e. The van der Waals surface area contributed by atoms with Crippen molar-refractivity contribution in [2.45, 2.75) is 44.9 Å². The molecule has 23 heavy (non-hydrogen) atoms. The molecular formula is C18H24N2O2S. The summed E-state index contributed by atoms with van der Waals surface area (Å²) >= 11 is 1.93. The van der Waals surface area contributed by atoms with Gasteiger partial charge in [0.25, 0.3) is 5.91 Å². The highest BCUT2D eigenvalue weighted by atomic mass is 32.2. The molecule has 0 spiro atoms. The fraction of sp³-hybridized carbons (Fsp3) is 0.556. The third-order valence-corrected chi connectivity index (χ3v) is 6.31. The quantitative estimate of drug-likeness (QED) is 0.794. The first-order valence-corrected chi connectivity index (χ1v) is 9.37. The summed E-state index contributed by atoms with van der Waals surface area (Å²) in [5.74, 6) is 1.19. The van der Waals surface area contributed by atoms with E-state index in [0.29, 0.717) is 5.25 Å². The van der Waals surface area contributed by atoms with E-state index in [-0.39, 0.29) is 17.9 Å². The maximum absolute atomic E-state index is 12.9. The zero-order valence-corrected chi connectivity index (χ0v) is 14.9. The number of nitrogens with zero attached hydrogens (tertiary/aromatic N) is 2. The number of thioether (sulfide) groups is 1. The van der Waals surface area contributed by atoms with Crippen molar-refractivity contribution < 1.29 is 9.59 Å². The van der Waals surface area contributed by atoms with Gasteiger partial charge in [-0.25, -0.2) is 0 Å². The van der Waals surface area contributed by atoms with Crippen LogP contribution in [0.2, 0.25) is 0 Å². The first-order chi connectivity index (χ1) is 11.0. The molecule has 3 rings (SSSR count). The zero-order chi connectivity index (χ0) is 16.6. The molecule has 0 bridgehead atoms. The van der Waals surface area contributed by atoms with E-state index < -0.39 is 0 Å². The van der Waals surface area contributed by atoms with Crippen molar-refractivity contribution in [3.8, 4) is 0 Å². The van der Waals surface area contributed by atoms with Crippen LogP contribution in [-0.2, 0) is 11.2 Å². The monoisotopic (exact) mass is 332 g/mol. The summed E-state index contributed by atoms with van der Waals surface area (Å²) < 4.78 is 0. The second-order valence-electron chi connectivity index (χ2n) is 6.43. The Labute approximate surface area is 142 Å². The Kier molecular flexibility index (Phi) is 4.67. The normalized spacial score (nSPS) is 24.3. The highest BCUT2D eigenvalue weighted by Gasteiger charge is 2.30. The van der Waals surface area contributed by atoms with E-state index in [9.17, 15) is 9.59 Å². The van der Waals surface area contributed by atoms with Crippen molar-refractivity contribution in [1.82, 2.24) is 4.90 Å². The van der Waals surface area contributed by atoms with Gasteiger partial charge in [-0.3, -0.25) is 9.59 Å². The van der Waals surface area contributed by atoms with Gasteiger partial charge < -0.3 is 9.80 Å². The summed E-state index contributed by atoms with van der Waals surface area (Å²) in [7, 11) is 0. The molecular weight excluding hydrogens is 308 g/mol. The molecule has 4 nitrogen and oxygen atoms in total. The molecule has 0 unspecified atom stereocenters. The van der Waals surface area contributed by atoms with Gasteiger partial charge in [-0.15, -0.1) is 0 Å². The molecule has 1 saturated heterocycles. The van der Waals surface area contributed by atoms with Gasteiger partial charge in [0, 0.05) is 48.3 Å². The first-order valence-electron chi connectivity index (χ1n) is 8.32. The lowest BCUT2D eigenvalue weighted by molar-refractivity contribution is -0.116. The van der Waals surface area contributed by atoms with Crippen LogP contribution in [0, 0.1) is 0 Å². The van der Waals surface area contributed by atoms with E-state index in [2.05, 4.69) is 13.8 Å². The molecule has 2 atom stereocenters. The van der Waals surface area contributed by atoms with Gasteiger partial charge in [0.15, 0.2) is 0 Å². The second-order valence-corrected chi connectivity index (χ2v) is 7.92. The van der Waals surface area contributed by atoms with E-state index >= 15 is 0 Å². The molecule has 124 valence electrons. The van der Waals surface area contributed by atoms with Crippen molar-refractivity contribution in [3.05, 3.63) is 29.3 Å². The lowest BCUT2D eigenvalue weighted by atomic mass is 9.98. The zero-order valence-electron chi connectivity index (χ0n) is 14.0. The largest absolute Gasteiger partial charge is 0.334 e. The fourth-order valence-corrected chi connectivity index (χ4v) is 4.54. The van der Waals surface area contributed by atoms with Gasteiger partial charge in [-0.2, -0.15) is 11.8 Å². The summed E-state index contributed by atoms with van der Waals surface area (Å²) in [6, 6.07) is 6.06. The number of amides is 2. The number of anilines is 1. The Balaban J connectivity index is 1.87. The Morgan fingerprint density at radius 2 is 2.00 bits per heavy atom. The van der Waals surface area contributed by atoms with Gasteiger partial charge in [-0.05, 0) is 43.5 Å². The number of hydrogen-bond acceptors (Lipinski definition) is 3. The second kappa shape index (κ2) is 6.56. The highest BCUT2D eigenvalue weighted by Crippen LogP contribution is 2.30. The number of carbonyl (C=O) groups is 2. The maximum atomic E-state index is 12.9. The summed E-state index contributed by atoms with van der Waals surface area (Å²) in [6.45, 7) is 7.50. The van der Waals surface area contributed by atoms with Gasteiger partial charge in [0.2, 0.25) is 5.91 Å². The van der Waals surface area contributed by atoms with E-state index in [1.165, 1.54) is 0 Å². The Hall–Kier alpha value is -1.49. The number of carbonyl (C=O) groups excluding carboxylic acids is 2. The average Bonchev–Trinajstić information content (AvgIpc) is 2.55. The Bertz CT molecular complexity index is 631. The summed E-state index contributed by atoms with van der Waals surface area (Å²) in [5.41, 5.74) is 2.83. The predicted molar refractivity (Wildman–Crippen MR) is 95.2 cm³/mol. The van der Waals surface area contributed by atoms with Crippen LogP contribution in [-0.4, -0.2) is 46.8 Å². The number of aryl methyl sites for hydroxylation is 1. The van der Waals surface area contributed by atoms with Crippen LogP contribution in [0.4, 0.5) is 5.69 Å². The minimum atomic E-state index is 0.0699. The third-order valence-electron chi connectivity index (χ3n) is 4.97. The average molecular weight is 332 g/mol. The standard InChI is InChI=1S/C18H24N2O2S/c1-12-13(2)23-10-9-19(12)18(22)16-6-7-17-15(11-16)5-4-8-20(17)14(3)21/h6-7,11-13H,4-5,8-10H2,1-3H3/t12-,13+/m0/s1. The summed E-state index contributed by atoms with van der Waals surface area (Å²) in [6.07, 6.45) is 1.89. The topological polar surface area (TPSA) is 40.6 Å². The Morgan fingerprint density at radius 3 is 2.74 bits per heavy atom. The molecule has 1 fully saturated rings. The number of hydrogen-bond donors (Lipinski definition) is 0. The molecule has 1 aromatic carbocycles. The van der Waals surface area contributed by atoms with Crippen LogP contribution in [0.5, 0.6) is 0 Å². The molecule has 2 amide bonds. The molecule has 0 radical (unpaired) electrons. The van der Waals surface area contributed by atoms with Crippen molar-refractivity contribution in [2.24, 2.45) is 0 Å². The van der Waals surface area contributed by atoms with Gasteiger partial charge in [0.05, 0.1) is 0 Å². The van der Waals surface area contributed by atoms with Crippen molar-refractivity contribution in [2.75, 3.05) is 23.7 Å². The maximum Gasteiger partial charge on any atom is 0.254 e. The van der Waals surface area contributed by atoms with Crippen molar-refractivity contribution in [1.29, 1.82) is 0 Å². The fourth-order valence-electron chi connectivity index (χ4n) is 3.44. The van der Waals surface area contributed by atoms with E-state index in [4.69, 9.17) is 0 Å². The molecule has 0 aliphatic carbocycles. The van der Waals surface area contributed by atoms with E-state index in [1.54, 1.807) is 6.92 Å². The summed E-state index contributed by atoms with van der Waals surface area (Å²) in [5, 5.41) is 0.471. The molecule has 0 saturated carbocycles. The van der Waals surface area contributed by atoms with Crippen LogP contribution in [0.1, 0.15) is 43.1 Å². The van der Waals surface area contributed by atoms with Crippen LogP contribution in [0.15, 0.2) is 18.2 Å². The SMILES string of the molecule is CC(=O)N1CCCc2cc(C(=O)N3CCS[C@H](C)[C@@H]3C)ccc21. The molecule has 0 aromatic heterocycles. The van der Waals surface area contributed by atoms with E-state index in [1.807, 2.05) is 39.8 Å². The lowest BCUT2D eigenvalue weighted by Crippen LogP contribution is -2.48. The minimum absolute atomic E-state index is 0.0699. The molecule has 1 aromatic rings. The van der Waals surface area contributed by atoms with Gasteiger partial charge >= 0.3 is 0 Å². The van der Waals surface area contributed by atoms with Crippen LogP contribution < -0.4 is 4.90 Å². The third kappa shape index (κ3) is 3.11. The predicted octanol–water partition coefficient (Wildman–Crippen LogP) is 2.95. The first kappa shape index (κ1) is 16.4.